The molecule has 2 fully saturated rings. The Morgan fingerprint density at radius 3 is 2.41 bits per heavy atom. The molecule has 0 aliphatic carbocycles. The van der Waals surface area contributed by atoms with E-state index in [1.54, 1.807) is 0 Å². The van der Waals surface area contributed by atoms with Crippen molar-refractivity contribution in [3.63, 3.8) is 0 Å². The summed E-state index contributed by atoms with van der Waals surface area (Å²) in [5, 5.41) is 0.645. The van der Waals surface area contributed by atoms with Crippen LogP contribution in [0.25, 0.3) is 0 Å². The summed E-state index contributed by atoms with van der Waals surface area (Å²) < 4.78 is 83.7. The number of nitrogens with zero attached hydrogens (tertiary/aromatic N) is 3. The third-order valence-corrected chi connectivity index (χ3v) is 7.41. The average Bonchev–Trinajstić information content (AvgIpc) is 3.09. The lowest BCUT2D eigenvalue weighted by molar-refractivity contribution is -0.134. The maximum absolute atomic E-state index is 13.0. The van der Waals surface area contributed by atoms with Gasteiger partial charge in [0.15, 0.2) is 0 Å². The lowest BCUT2D eigenvalue weighted by atomic mass is 9.83. The van der Waals surface area contributed by atoms with Gasteiger partial charge < -0.3 is 15.5 Å². The number of benzene rings is 2. The summed E-state index contributed by atoms with van der Waals surface area (Å²) in [6.07, 6.45) is -8.45. The van der Waals surface area contributed by atoms with Crippen molar-refractivity contribution in [3.8, 4) is 0 Å². The van der Waals surface area contributed by atoms with Crippen LogP contribution in [0, 0.1) is 0 Å². The summed E-state index contributed by atoms with van der Waals surface area (Å²) in [6.45, 7) is -5.16. The van der Waals surface area contributed by atoms with Crippen molar-refractivity contribution in [2.24, 2.45) is 5.73 Å². The number of hydrogen-bond acceptors (Lipinski definition) is 4. The largest absolute Gasteiger partial charge is 0.368 e. The van der Waals surface area contributed by atoms with Gasteiger partial charge in [-0.05, 0) is 93.7 Å². The number of carbonyl (C=O) groups excluding carboxylic acids is 1. The molecule has 0 saturated carbocycles. The van der Waals surface area contributed by atoms with Crippen LogP contribution in [-0.2, 0) is 17.6 Å². The Kier molecular flexibility index (Phi) is 4.37. The summed E-state index contributed by atoms with van der Waals surface area (Å²) in [4.78, 5) is 17.6. The number of para-hydroxylation sites is 1. The van der Waals surface area contributed by atoms with Crippen molar-refractivity contribution in [2.45, 2.75) is 56.8 Å². The molecule has 6 heteroatoms. The van der Waals surface area contributed by atoms with Crippen LogP contribution in [0.5, 0.6) is 0 Å². The number of carbonyl (C=O) groups is 1. The van der Waals surface area contributed by atoms with Crippen molar-refractivity contribution in [1.82, 2.24) is 9.80 Å². The van der Waals surface area contributed by atoms with Gasteiger partial charge in [0.1, 0.15) is 5.54 Å². The Balaban J connectivity index is 1.36. The Bertz CT molecular complexity index is 1400. The normalized spacial score (nSPS) is 32.7. The third-order valence-electron chi connectivity index (χ3n) is 7.17. The van der Waals surface area contributed by atoms with Crippen molar-refractivity contribution < 1.29 is 18.5 Å². The summed E-state index contributed by atoms with van der Waals surface area (Å²) in [5.41, 5.74) is 8.30. The van der Waals surface area contributed by atoms with E-state index in [4.69, 9.17) is 31.0 Å². The zero-order valence-electron chi connectivity index (χ0n) is 29.1. The molecule has 0 spiro atoms. The molecule has 5 rings (SSSR count). The number of likely N-dealkylation sites (tertiary alicyclic amines) is 2. The maximum atomic E-state index is 13.0. The minimum atomic E-state index is -3.56. The average molecular weight is 491 g/mol. The lowest BCUT2D eigenvalue weighted by Crippen LogP contribution is -2.63. The van der Waals surface area contributed by atoms with E-state index in [1.807, 2.05) is 29.2 Å². The number of piperidine rings is 2. The minimum absolute atomic E-state index is 0.179. The van der Waals surface area contributed by atoms with Gasteiger partial charge in [-0.1, -0.05) is 42.2 Å². The number of amides is 1. The molecule has 34 heavy (non-hydrogen) atoms. The molecule has 0 unspecified atom stereocenters. The van der Waals surface area contributed by atoms with Crippen LogP contribution in [0.1, 0.15) is 63.2 Å². The van der Waals surface area contributed by atoms with E-state index in [0.29, 0.717) is 24.5 Å². The first kappa shape index (κ1) is 14.5. The zero-order chi connectivity index (χ0) is 32.5. The molecule has 3 heterocycles. The van der Waals surface area contributed by atoms with Crippen molar-refractivity contribution in [2.75, 3.05) is 44.1 Å². The number of fused-ring (bicyclic) bond motifs is 2. The van der Waals surface area contributed by atoms with Crippen molar-refractivity contribution in [3.05, 3.63) is 58.6 Å². The summed E-state index contributed by atoms with van der Waals surface area (Å²) >= 11 is 6.39. The van der Waals surface area contributed by atoms with Gasteiger partial charge in [0, 0.05) is 49.7 Å². The van der Waals surface area contributed by atoms with Crippen LogP contribution in [0.15, 0.2) is 42.5 Å². The number of aryl methyl sites for hydroxylation is 2. The van der Waals surface area contributed by atoms with Gasteiger partial charge in [0.05, 0.1) is 0 Å². The molecule has 182 valence electrons. The molecule has 2 aromatic rings. The minimum Gasteiger partial charge on any atom is -0.368 e. The van der Waals surface area contributed by atoms with E-state index in [9.17, 15) is 4.79 Å². The highest BCUT2D eigenvalue weighted by atomic mass is 35.5. The van der Waals surface area contributed by atoms with Gasteiger partial charge in [0.25, 0.3) is 0 Å². The number of primary amides is 1. The number of hydrogen-bond donors (Lipinski definition) is 1. The van der Waals surface area contributed by atoms with Gasteiger partial charge in [-0.3, -0.25) is 9.69 Å². The quantitative estimate of drug-likeness (QED) is 0.633. The molecule has 2 saturated heterocycles. The van der Waals surface area contributed by atoms with Gasteiger partial charge in [-0.15, -0.1) is 0 Å². The Labute approximate surface area is 222 Å². The van der Waals surface area contributed by atoms with E-state index in [1.165, 1.54) is 11.1 Å². The first-order chi connectivity index (χ1) is 20.3. The highest BCUT2D eigenvalue weighted by Crippen LogP contribution is 2.38. The maximum Gasteiger partial charge on any atom is 0.238 e. The second kappa shape index (κ2) is 10.3. The van der Waals surface area contributed by atoms with Crippen molar-refractivity contribution >= 4 is 28.9 Å². The van der Waals surface area contributed by atoms with Gasteiger partial charge >= 0.3 is 0 Å². The number of nitrogens with two attached hydrogens (primary N) is 1. The Morgan fingerprint density at radius 1 is 0.971 bits per heavy atom. The monoisotopic (exact) mass is 490 g/mol. The molecule has 5 nitrogen and oxygen atoms in total. The molecular formula is C28H37ClN4O. The van der Waals surface area contributed by atoms with Crippen LogP contribution in [-0.4, -0.2) is 60.4 Å². The Hall–Kier alpha value is -2.08. The highest BCUT2D eigenvalue weighted by molar-refractivity contribution is 6.30. The SMILES string of the molecule is [2H]C1([2H])N(C2(C(N)=O)CCN(CCCN3c4ccccc4CCc4ccc(Cl)cc43)CC2)C([2H])([2H])C([2H])([2H])C([2H])([2H])C1([2H])[2H]. The van der Waals surface area contributed by atoms with Crippen LogP contribution < -0.4 is 10.6 Å². The molecule has 2 N–H and O–H groups in total. The molecule has 0 radical (unpaired) electrons. The first-order valence-corrected chi connectivity index (χ1v) is 12.2. The van der Waals surface area contributed by atoms with Crippen LogP contribution >= 0.6 is 11.6 Å². The number of halogens is 1. The second-order valence-corrected chi connectivity index (χ2v) is 9.51. The topological polar surface area (TPSA) is 52.8 Å². The molecule has 3 aliphatic heterocycles. The van der Waals surface area contributed by atoms with E-state index in [-0.39, 0.29) is 30.8 Å². The molecule has 2 aromatic carbocycles. The lowest BCUT2D eigenvalue weighted by Gasteiger charge is -2.48. The molecule has 1 amide bonds. The van der Waals surface area contributed by atoms with Crippen LogP contribution in [0.3, 0.4) is 0 Å². The fourth-order valence-electron chi connectivity index (χ4n) is 5.25. The number of anilines is 2. The molecule has 0 bridgehead atoms. The third kappa shape index (κ3) is 4.71. The summed E-state index contributed by atoms with van der Waals surface area (Å²) in [7, 11) is 0. The molecule has 3 aliphatic rings. The molecule has 0 aromatic heterocycles. The fraction of sp³-hybridized carbons (Fsp3) is 0.536. The summed E-state index contributed by atoms with van der Waals surface area (Å²) in [6, 6.07) is 14.2. The molecule has 0 atom stereocenters. The number of rotatable bonds is 6. The first-order valence-electron chi connectivity index (χ1n) is 16.8. The summed E-state index contributed by atoms with van der Waals surface area (Å²) in [5.74, 6) is -1.10. The van der Waals surface area contributed by atoms with E-state index < -0.39 is 43.6 Å². The van der Waals surface area contributed by atoms with E-state index in [0.717, 1.165) is 24.2 Å². The van der Waals surface area contributed by atoms with E-state index >= 15 is 0 Å². The van der Waals surface area contributed by atoms with Gasteiger partial charge in [-0.2, -0.15) is 0 Å². The Morgan fingerprint density at radius 2 is 1.68 bits per heavy atom. The standard InChI is InChI=1S/C28H37ClN4O/c29-24-12-11-23-10-9-22-7-2-3-8-25(22)33(26(23)21-24)18-6-15-31-19-13-28(14-20-31,27(30)34)32-16-4-1-5-17-32/h2-3,7-8,11-12,21H,1,4-6,9-10,13-20H2,(H2,30,34)/i1D2,4D2,5D2,16D2,17D2. The zero-order valence-corrected chi connectivity index (χ0v) is 19.9. The van der Waals surface area contributed by atoms with Crippen LogP contribution in [0.4, 0.5) is 11.4 Å². The second-order valence-electron chi connectivity index (χ2n) is 9.08. The predicted molar refractivity (Wildman–Crippen MR) is 140 cm³/mol. The highest BCUT2D eigenvalue weighted by Gasteiger charge is 2.44. The fourth-order valence-corrected chi connectivity index (χ4v) is 5.41. The van der Waals surface area contributed by atoms with Crippen molar-refractivity contribution in [1.29, 1.82) is 0 Å². The van der Waals surface area contributed by atoms with Gasteiger partial charge in [0.2, 0.25) is 5.91 Å². The molecular weight excluding hydrogens is 444 g/mol. The van der Waals surface area contributed by atoms with Gasteiger partial charge in [-0.25, -0.2) is 0 Å². The van der Waals surface area contributed by atoms with E-state index in [2.05, 4.69) is 23.1 Å². The predicted octanol–water partition coefficient (Wildman–Crippen LogP) is 4.77. The van der Waals surface area contributed by atoms with Crippen LogP contribution in [0.2, 0.25) is 5.02 Å². The smallest absolute Gasteiger partial charge is 0.238 e.